The molecule has 5 nitrogen and oxygen atoms in total. The maximum atomic E-state index is 11.7. The number of ether oxygens (including phenoxy) is 1. The third kappa shape index (κ3) is 2.59. The third-order valence-electron chi connectivity index (χ3n) is 2.25. The van der Waals surface area contributed by atoms with Gasteiger partial charge in [0.1, 0.15) is 5.75 Å². The van der Waals surface area contributed by atoms with Crippen molar-refractivity contribution >= 4 is 23.3 Å². The van der Waals surface area contributed by atoms with Crippen LogP contribution in [0.4, 0.5) is 5.69 Å². The van der Waals surface area contributed by atoms with Gasteiger partial charge in [-0.25, -0.2) is 0 Å². The van der Waals surface area contributed by atoms with Gasteiger partial charge in [0, 0.05) is 5.69 Å². The number of hydrogen-bond acceptors (Lipinski definition) is 5. The van der Waals surface area contributed by atoms with E-state index >= 15 is 0 Å². The number of rotatable bonds is 3. The number of nitrogens with one attached hydrogen (secondary N) is 1. The maximum absolute atomic E-state index is 11.7. The number of benzene rings is 1. The van der Waals surface area contributed by atoms with Crippen molar-refractivity contribution in [3.8, 4) is 5.75 Å². The highest BCUT2D eigenvalue weighted by atomic mass is 32.1. The lowest BCUT2D eigenvalue weighted by atomic mass is 10.2. The van der Waals surface area contributed by atoms with Gasteiger partial charge < -0.3 is 10.1 Å². The Balaban J connectivity index is 2.14. The monoisotopic (exact) mass is 249 g/mol. The van der Waals surface area contributed by atoms with Crippen molar-refractivity contribution in [1.82, 2.24) is 8.75 Å². The number of anilines is 1. The largest absolute Gasteiger partial charge is 0.496 e. The summed E-state index contributed by atoms with van der Waals surface area (Å²) in [4.78, 5) is 11.7. The van der Waals surface area contributed by atoms with Crippen LogP contribution < -0.4 is 10.1 Å². The van der Waals surface area contributed by atoms with Crippen molar-refractivity contribution in [2.45, 2.75) is 6.92 Å². The first-order chi connectivity index (χ1) is 8.20. The molecular formula is C11H11N3O2S. The van der Waals surface area contributed by atoms with E-state index in [-0.39, 0.29) is 5.91 Å². The molecular weight excluding hydrogens is 238 g/mol. The number of aryl methyl sites for hydroxylation is 1. The summed E-state index contributed by atoms with van der Waals surface area (Å²) >= 11 is 1.01. The SMILES string of the molecule is COc1ccc(NC(=O)c2cnsn2)cc1C. The van der Waals surface area contributed by atoms with E-state index in [1.165, 1.54) is 6.20 Å². The van der Waals surface area contributed by atoms with Gasteiger partial charge in [-0.15, -0.1) is 0 Å². The molecule has 0 atom stereocenters. The fourth-order valence-corrected chi connectivity index (χ4v) is 1.83. The molecule has 0 saturated carbocycles. The first-order valence-corrected chi connectivity index (χ1v) is 5.67. The Bertz CT molecular complexity index is 526. The number of nitrogens with zero attached hydrogens (tertiary/aromatic N) is 2. The van der Waals surface area contributed by atoms with E-state index in [4.69, 9.17) is 4.74 Å². The van der Waals surface area contributed by atoms with Crippen LogP contribution in [-0.4, -0.2) is 21.8 Å². The molecule has 0 aliphatic heterocycles. The van der Waals surface area contributed by atoms with Crippen molar-refractivity contribution in [1.29, 1.82) is 0 Å². The number of methoxy groups -OCH3 is 1. The Kier molecular flexibility index (Phi) is 3.34. The first-order valence-electron chi connectivity index (χ1n) is 4.94. The Morgan fingerprint density at radius 2 is 2.29 bits per heavy atom. The third-order valence-corrected chi connectivity index (χ3v) is 2.72. The van der Waals surface area contributed by atoms with Gasteiger partial charge in [-0.1, -0.05) is 0 Å². The molecule has 0 aliphatic carbocycles. The van der Waals surface area contributed by atoms with Crippen LogP contribution >= 0.6 is 11.7 Å². The van der Waals surface area contributed by atoms with Gasteiger partial charge in [0.2, 0.25) is 0 Å². The van der Waals surface area contributed by atoms with Crippen LogP contribution in [0.5, 0.6) is 5.75 Å². The van der Waals surface area contributed by atoms with Gasteiger partial charge in [-0.05, 0) is 30.7 Å². The van der Waals surface area contributed by atoms with E-state index in [1.807, 2.05) is 19.1 Å². The zero-order valence-corrected chi connectivity index (χ0v) is 10.2. The van der Waals surface area contributed by atoms with Crippen LogP contribution in [0.2, 0.25) is 0 Å². The summed E-state index contributed by atoms with van der Waals surface area (Å²) in [6.45, 7) is 1.92. The topological polar surface area (TPSA) is 64.1 Å². The van der Waals surface area contributed by atoms with E-state index < -0.39 is 0 Å². The molecule has 1 amide bonds. The minimum atomic E-state index is -0.261. The van der Waals surface area contributed by atoms with Crippen LogP contribution in [0.1, 0.15) is 16.1 Å². The Morgan fingerprint density at radius 1 is 1.47 bits per heavy atom. The molecule has 1 N–H and O–H groups in total. The van der Waals surface area contributed by atoms with Crippen molar-refractivity contribution in [2.24, 2.45) is 0 Å². The molecule has 0 bridgehead atoms. The van der Waals surface area contributed by atoms with Crippen LogP contribution in [0, 0.1) is 6.92 Å². The normalized spacial score (nSPS) is 10.0. The smallest absolute Gasteiger partial charge is 0.277 e. The minimum absolute atomic E-state index is 0.261. The molecule has 1 heterocycles. The lowest BCUT2D eigenvalue weighted by Gasteiger charge is -2.07. The molecule has 88 valence electrons. The van der Waals surface area contributed by atoms with E-state index in [2.05, 4.69) is 14.1 Å². The lowest BCUT2D eigenvalue weighted by Crippen LogP contribution is -2.12. The van der Waals surface area contributed by atoms with Crippen molar-refractivity contribution in [3.05, 3.63) is 35.7 Å². The van der Waals surface area contributed by atoms with E-state index in [0.717, 1.165) is 23.0 Å². The fraction of sp³-hybridized carbons (Fsp3) is 0.182. The number of amides is 1. The summed E-state index contributed by atoms with van der Waals surface area (Å²) in [6, 6.07) is 5.43. The Labute approximate surface area is 103 Å². The molecule has 0 spiro atoms. The molecule has 0 saturated heterocycles. The van der Waals surface area contributed by atoms with Crippen molar-refractivity contribution in [3.63, 3.8) is 0 Å². The molecule has 6 heteroatoms. The summed E-state index contributed by atoms with van der Waals surface area (Å²) in [7, 11) is 1.61. The van der Waals surface area contributed by atoms with Gasteiger partial charge >= 0.3 is 0 Å². The molecule has 0 radical (unpaired) electrons. The van der Waals surface area contributed by atoms with Crippen LogP contribution in [-0.2, 0) is 0 Å². The molecule has 0 aliphatic rings. The van der Waals surface area contributed by atoms with E-state index in [0.29, 0.717) is 11.4 Å². The zero-order chi connectivity index (χ0) is 12.3. The average molecular weight is 249 g/mol. The molecule has 1 aromatic carbocycles. The predicted molar refractivity (Wildman–Crippen MR) is 65.6 cm³/mol. The Hall–Kier alpha value is -1.95. The summed E-state index contributed by atoms with van der Waals surface area (Å²) in [5.74, 6) is 0.529. The highest BCUT2D eigenvalue weighted by molar-refractivity contribution is 6.99. The van der Waals surface area contributed by atoms with Crippen LogP contribution in [0.3, 0.4) is 0 Å². The number of aromatic nitrogens is 2. The van der Waals surface area contributed by atoms with Crippen molar-refractivity contribution < 1.29 is 9.53 Å². The second-order valence-corrected chi connectivity index (χ2v) is 3.99. The standard InChI is InChI=1S/C11H11N3O2S/c1-7-5-8(3-4-10(7)16-2)13-11(15)9-6-12-17-14-9/h3-6H,1-2H3,(H,13,15). The highest BCUT2D eigenvalue weighted by Gasteiger charge is 2.09. The number of carbonyl (C=O) groups excluding carboxylic acids is 1. The van der Waals surface area contributed by atoms with Gasteiger partial charge in [0.25, 0.3) is 5.91 Å². The van der Waals surface area contributed by atoms with Gasteiger partial charge in [-0.2, -0.15) is 8.75 Å². The van der Waals surface area contributed by atoms with Gasteiger partial charge in [0.15, 0.2) is 5.69 Å². The van der Waals surface area contributed by atoms with Crippen LogP contribution in [0.15, 0.2) is 24.4 Å². The average Bonchev–Trinajstić information content (AvgIpc) is 2.82. The summed E-state index contributed by atoms with van der Waals surface area (Å²) in [5, 5.41) is 2.75. The fourth-order valence-electron chi connectivity index (χ4n) is 1.42. The number of hydrogen-bond donors (Lipinski definition) is 1. The minimum Gasteiger partial charge on any atom is -0.496 e. The molecule has 2 aromatic rings. The molecule has 0 unspecified atom stereocenters. The van der Waals surface area contributed by atoms with Crippen LogP contribution in [0.25, 0.3) is 0 Å². The first kappa shape index (κ1) is 11.5. The molecule has 17 heavy (non-hydrogen) atoms. The molecule has 2 rings (SSSR count). The maximum Gasteiger partial charge on any atom is 0.277 e. The predicted octanol–water partition coefficient (Wildman–Crippen LogP) is 2.11. The van der Waals surface area contributed by atoms with Gasteiger partial charge in [-0.3, -0.25) is 4.79 Å². The molecule has 0 fully saturated rings. The van der Waals surface area contributed by atoms with Crippen molar-refractivity contribution in [2.75, 3.05) is 12.4 Å². The zero-order valence-electron chi connectivity index (χ0n) is 9.43. The lowest BCUT2D eigenvalue weighted by molar-refractivity contribution is 0.102. The van der Waals surface area contributed by atoms with Gasteiger partial charge in [0.05, 0.1) is 25.0 Å². The second-order valence-electron chi connectivity index (χ2n) is 3.43. The second kappa shape index (κ2) is 4.92. The quantitative estimate of drug-likeness (QED) is 0.904. The molecule has 1 aromatic heterocycles. The number of carbonyl (C=O) groups is 1. The van der Waals surface area contributed by atoms with E-state index in [9.17, 15) is 4.79 Å². The summed E-state index contributed by atoms with van der Waals surface area (Å²) in [6.07, 6.45) is 1.44. The summed E-state index contributed by atoms with van der Waals surface area (Å²) in [5.41, 5.74) is 1.99. The van der Waals surface area contributed by atoms with E-state index in [1.54, 1.807) is 13.2 Å². The summed E-state index contributed by atoms with van der Waals surface area (Å²) < 4.78 is 12.8. The Morgan fingerprint density at radius 3 is 2.88 bits per heavy atom. The highest BCUT2D eigenvalue weighted by Crippen LogP contribution is 2.21.